The van der Waals surface area contributed by atoms with Crippen molar-refractivity contribution in [3.05, 3.63) is 99.1 Å². The van der Waals surface area contributed by atoms with Gasteiger partial charge in [-0.05, 0) is 71.1 Å². The maximum atomic E-state index is 12.8. The summed E-state index contributed by atoms with van der Waals surface area (Å²) in [5.41, 5.74) is 3.63. The van der Waals surface area contributed by atoms with E-state index in [-0.39, 0.29) is 55.1 Å². The predicted octanol–water partition coefficient (Wildman–Crippen LogP) is 6.09. The molecular formula is C41H42Cl2CuIN12O4. The first-order chi connectivity index (χ1) is 28.7. The van der Waals surface area contributed by atoms with E-state index in [1.165, 1.54) is 4.68 Å². The molecule has 6 aromatic rings. The number of rotatable bonds is 8. The second kappa shape index (κ2) is 22.5. The van der Waals surface area contributed by atoms with Crippen molar-refractivity contribution in [3.8, 4) is 17.6 Å². The average molecular weight is 1030 g/mol. The van der Waals surface area contributed by atoms with Crippen molar-refractivity contribution in [2.45, 2.75) is 20.5 Å². The zero-order valence-electron chi connectivity index (χ0n) is 32.4. The van der Waals surface area contributed by atoms with E-state index in [1.807, 2.05) is 58.3 Å². The summed E-state index contributed by atoms with van der Waals surface area (Å²) >= 11 is 14.4. The zero-order valence-corrected chi connectivity index (χ0v) is 37.0. The molecule has 2 aromatic carbocycles. The van der Waals surface area contributed by atoms with Crippen LogP contribution < -0.4 is 19.3 Å². The van der Waals surface area contributed by atoms with E-state index < -0.39 is 0 Å². The van der Waals surface area contributed by atoms with Gasteiger partial charge in [-0.15, -0.1) is 0 Å². The minimum Gasteiger partial charge on any atom is -0.512 e. The number of hydrogen-bond acceptors (Lipinski definition) is 12. The second-order valence-electron chi connectivity index (χ2n) is 13.2. The number of pyridine rings is 2. The molecule has 0 N–H and O–H groups in total. The van der Waals surface area contributed by atoms with Crippen LogP contribution in [0.3, 0.4) is 0 Å². The van der Waals surface area contributed by atoms with Gasteiger partial charge in [0.1, 0.15) is 34.4 Å². The van der Waals surface area contributed by atoms with Crippen molar-refractivity contribution in [1.29, 1.82) is 10.5 Å². The van der Waals surface area contributed by atoms with E-state index in [4.69, 9.17) is 44.5 Å². The Kier molecular flexibility index (Phi) is 17.8. The molecule has 20 heteroatoms. The summed E-state index contributed by atoms with van der Waals surface area (Å²) in [5.74, 6) is 1.30. The van der Waals surface area contributed by atoms with E-state index in [1.54, 1.807) is 43.4 Å². The fourth-order valence-electron chi connectivity index (χ4n) is 6.86. The Labute approximate surface area is 388 Å². The first kappa shape index (κ1) is 48.3. The summed E-state index contributed by atoms with van der Waals surface area (Å²) in [6, 6.07) is 20.9. The van der Waals surface area contributed by atoms with Gasteiger partial charge < -0.3 is 40.9 Å². The van der Waals surface area contributed by atoms with Gasteiger partial charge in [-0.1, -0.05) is 30.6 Å². The average Bonchev–Trinajstić information content (AvgIpc) is 3.80. The molecule has 0 bridgehead atoms. The molecule has 0 aliphatic carbocycles. The van der Waals surface area contributed by atoms with Crippen molar-refractivity contribution in [1.82, 2.24) is 39.3 Å². The molecule has 2 amide bonds. The summed E-state index contributed by atoms with van der Waals surface area (Å²) in [6.07, 6.45) is 3.35. The number of anilines is 2. The Morgan fingerprint density at radius 1 is 0.721 bits per heavy atom. The van der Waals surface area contributed by atoms with Gasteiger partial charge in [-0.25, -0.2) is 19.3 Å². The Bertz CT molecular complexity index is 2510. The van der Waals surface area contributed by atoms with E-state index in [2.05, 4.69) is 58.6 Å². The van der Waals surface area contributed by atoms with Crippen LogP contribution in [0.25, 0.3) is 22.1 Å². The number of halogens is 3. The van der Waals surface area contributed by atoms with Gasteiger partial charge in [0.25, 0.3) is 0 Å². The number of methoxy groups -OCH3 is 2. The molecule has 8 rings (SSSR count). The number of nitrogens with zero attached hydrogens (tertiary/aromatic N) is 12. The van der Waals surface area contributed by atoms with Crippen LogP contribution in [-0.4, -0.2) is 118 Å². The quantitative estimate of drug-likeness (QED) is 0.0977. The SMILES string of the molecule is C.COc1cc(N2CCN(C(=O)Cn3nc(C#N)c4cccnc43)CC2)ccc1Cl.COc1cc(N2CCN(C(=O)Cn3nc(I)c4cccnc43)CC2)ccc1Cl.[C-]#N.[Cu+]. The minimum absolute atomic E-state index is 0. The molecule has 0 unspecified atom stereocenters. The Morgan fingerprint density at radius 2 is 1.15 bits per heavy atom. The smallest absolute Gasteiger partial charge is 0.512 e. The van der Waals surface area contributed by atoms with Gasteiger partial charge in [0.05, 0.1) is 35.0 Å². The molecule has 2 saturated heterocycles. The molecular weight excluding hydrogens is 986 g/mol. The minimum atomic E-state index is -0.0436. The Hall–Kier alpha value is -5.37. The van der Waals surface area contributed by atoms with Crippen LogP contribution in [0.2, 0.25) is 10.0 Å². The summed E-state index contributed by atoms with van der Waals surface area (Å²) in [5, 5.41) is 27.0. The number of carbonyl (C=O) groups is 2. The first-order valence-corrected chi connectivity index (χ1v) is 20.1. The monoisotopic (exact) mass is 1030 g/mol. The van der Waals surface area contributed by atoms with Crippen LogP contribution in [0.4, 0.5) is 11.4 Å². The van der Waals surface area contributed by atoms with Crippen LogP contribution >= 0.6 is 45.8 Å². The molecule has 2 aliphatic heterocycles. The summed E-state index contributed by atoms with van der Waals surface area (Å²) in [6.45, 7) is 10.5. The topological polar surface area (TPSA) is 175 Å². The third-order valence-electron chi connectivity index (χ3n) is 9.91. The van der Waals surface area contributed by atoms with Gasteiger partial charge >= 0.3 is 17.1 Å². The van der Waals surface area contributed by atoms with Crippen LogP contribution in [0.1, 0.15) is 13.1 Å². The van der Waals surface area contributed by atoms with Crippen LogP contribution in [-0.2, 0) is 39.7 Å². The molecule has 322 valence electrons. The fourth-order valence-corrected chi connectivity index (χ4v) is 7.93. The van der Waals surface area contributed by atoms with Gasteiger partial charge in [-0.2, -0.15) is 15.5 Å². The van der Waals surface area contributed by atoms with Crippen molar-refractivity contribution in [2.24, 2.45) is 0 Å². The van der Waals surface area contributed by atoms with Crippen molar-refractivity contribution >= 4 is 91.0 Å². The van der Waals surface area contributed by atoms with Gasteiger partial charge in [-0.3, -0.25) is 9.59 Å². The maximum Gasteiger partial charge on any atom is 1.00 e. The largest absolute Gasteiger partial charge is 1.00 e. The third-order valence-corrected chi connectivity index (χ3v) is 11.3. The molecule has 0 spiro atoms. The van der Waals surface area contributed by atoms with Gasteiger partial charge in [0.2, 0.25) is 11.8 Å². The van der Waals surface area contributed by atoms with Crippen molar-refractivity contribution in [3.63, 3.8) is 0 Å². The number of ether oxygens (including phenoxy) is 2. The third kappa shape index (κ3) is 11.1. The molecule has 16 nitrogen and oxygen atoms in total. The number of aromatic nitrogens is 6. The number of benzene rings is 2. The van der Waals surface area contributed by atoms with E-state index in [0.717, 1.165) is 39.2 Å². The number of piperazine rings is 2. The molecule has 0 saturated carbocycles. The summed E-state index contributed by atoms with van der Waals surface area (Å²) in [7, 11) is 3.20. The molecule has 2 aliphatic rings. The fraction of sp³-hybridized carbons (Fsp3) is 0.317. The number of hydrogen-bond donors (Lipinski definition) is 0. The number of carbonyl (C=O) groups excluding carboxylic acids is 2. The van der Waals surface area contributed by atoms with Crippen LogP contribution in [0.15, 0.2) is 73.1 Å². The molecule has 0 radical (unpaired) electrons. The predicted molar refractivity (Wildman–Crippen MR) is 238 cm³/mol. The maximum absolute atomic E-state index is 12.8. The van der Waals surface area contributed by atoms with E-state index in [0.29, 0.717) is 71.8 Å². The van der Waals surface area contributed by atoms with Gasteiger partial charge in [0.15, 0.2) is 17.0 Å². The Morgan fingerprint density at radius 3 is 1.59 bits per heavy atom. The molecule has 6 heterocycles. The zero-order chi connectivity index (χ0) is 42.1. The molecule has 0 atom stereocenters. The molecule has 2 fully saturated rings. The van der Waals surface area contributed by atoms with Crippen molar-refractivity contribution in [2.75, 3.05) is 76.4 Å². The van der Waals surface area contributed by atoms with E-state index >= 15 is 0 Å². The first-order valence-electron chi connectivity index (χ1n) is 18.3. The van der Waals surface area contributed by atoms with E-state index in [9.17, 15) is 14.9 Å². The number of fused-ring (bicyclic) bond motifs is 2. The van der Waals surface area contributed by atoms with Crippen LogP contribution in [0.5, 0.6) is 11.5 Å². The normalized spacial score (nSPS) is 13.4. The molecule has 61 heavy (non-hydrogen) atoms. The number of nitriles is 1. The summed E-state index contributed by atoms with van der Waals surface area (Å²) < 4.78 is 14.6. The summed E-state index contributed by atoms with van der Waals surface area (Å²) in [4.78, 5) is 42.3. The van der Waals surface area contributed by atoms with Crippen LogP contribution in [0, 0.1) is 26.9 Å². The number of amides is 2. The Balaban J connectivity index is 0.000000250. The second-order valence-corrected chi connectivity index (χ2v) is 15.0. The standard InChI is InChI=1S/C20H19ClN6O2.C19H19ClIN5O2.CN.CH4.Cu/c1-29-18-11-14(4-5-16(18)21)25-7-9-26(10-8-25)19(28)13-27-20-15(3-2-6-23-20)17(12-22)24-27;1-28-16-11-13(4-5-15(16)20)24-7-9-25(10-8-24)17(27)12-26-19-14(18(21)23-26)3-2-6-22-19;1-2;;/h2-6,11H,7-10,13H2,1H3;2-6,11H,7-10,12H2,1H3;;1H4;/q;;-1;;+1. The van der Waals surface area contributed by atoms with Gasteiger partial charge in [0, 0.05) is 88.3 Å². The molecule has 4 aromatic heterocycles. The van der Waals surface area contributed by atoms with Crippen molar-refractivity contribution < 1.29 is 36.1 Å².